The topological polar surface area (TPSA) is 76.1 Å². The van der Waals surface area contributed by atoms with Crippen LogP contribution in [0.3, 0.4) is 0 Å². The standard InChI is InChI=1S/C7H13F2NO5S/c8-7(9,16(11,12)13)5-15-6-10-1-3-14-4-2-10/h1-6H2,(H,11,12,13). The van der Waals surface area contributed by atoms with Gasteiger partial charge in [0.25, 0.3) is 0 Å². The number of rotatable bonds is 5. The lowest BCUT2D eigenvalue weighted by Gasteiger charge is -2.26. The Morgan fingerprint density at radius 1 is 1.38 bits per heavy atom. The number of hydrogen-bond acceptors (Lipinski definition) is 5. The van der Waals surface area contributed by atoms with Gasteiger partial charge in [0, 0.05) is 13.1 Å². The molecule has 9 heteroatoms. The molecular formula is C7H13F2NO5S. The van der Waals surface area contributed by atoms with E-state index in [0.717, 1.165) is 0 Å². The van der Waals surface area contributed by atoms with Crippen molar-refractivity contribution in [2.75, 3.05) is 39.6 Å². The molecule has 96 valence electrons. The Hall–Kier alpha value is -0.350. The van der Waals surface area contributed by atoms with Gasteiger partial charge in [-0.15, -0.1) is 0 Å². The Morgan fingerprint density at radius 3 is 2.44 bits per heavy atom. The SMILES string of the molecule is O=S(=O)(O)C(F)(F)COCN1CCOCC1. The summed E-state index contributed by atoms with van der Waals surface area (Å²) in [5, 5.41) is -4.26. The van der Waals surface area contributed by atoms with Crippen LogP contribution in [0.15, 0.2) is 0 Å². The fourth-order valence-electron chi connectivity index (χ4n) is 1.10. The summed E-state index contributed by atoms with van der Waals surface area (Å²) in [6.45, 7) is 0.572. The van der Waals surface area contributed by atoms with E-state index in [1.54, 1.807) is 4.90 Å². The van der Waals surface area contributed by atoms with E-state index in [4.69, 9.17) is 9.29 Å². The summed E-state index contributed by atoms with van der Waals surface area (Å²) < 4.78 is 63.6. The van der Waals surface area contributed by atoms with Crippen LogP contribution in [0.2, 0.25) is 0 Å². The average molecular weight is 261 g/mol. The molecular weight excluding hydrogens is 248 g/mol. The van der Waals surface area contributed by atoms with Gasteiger partial charge in [-0.1, -0.05) is 0 Å². The maximum Gasteiger partial charge on any atom is 0.392 e. The molecule has 1 N–H and O–H groups in total. The minimum absolute atomic E-state index is 0.117. The van der Waals surface area contributed by atoms with Crippen molar-refractivity contribution in [3.05, 3.63) is 0 Å². The zero-order valence-electron chi connectivity index (χ0n) is 8.43. The number of nitrogens with zero attached hydrogens (tertiary/aromatic N) is 1. The van der Waals surface area contributed by atoms with E-state index < -0.39 is 22.0 Å². The predicted octanol–water partition coefficient (Wildman–Crippen LogP) is -0.227. The van der Waals surface area contributed by atoms with Gasteiger partial charge in [-0.2, -0.15) is 17.2 Å². The zero-order chi connectivity index (χ0) is 12.2. The molecule has 0 bridgehead atoms. The summed E-state index contributed by atoms with van der Waals surface area (Å²) in [4.78, 5) is 1.70. The summed E-state index contributed by atoms with van der Waals surface area (Å²) in [7, 11) is -5.41. The second kappa shape index (κ2) is 5.32. The molecule has 0 saturated carbocycles. The lowest BCUT2D eigenvalue weighted by molar-refractivity contribution is -0.0761. The third kappa shape index (κ3) is 3.91. The van der Waals surface area contributed by atoms with Gasteiger partial charge in [0.05, 0.1) is 19.9 Å². The van der Waals surface area contributed by atoms with E-state index in [1.807, 2.05) is 0 Å². The average Bonchev–Trinajstić information content (AvgIpc) is 2.17. The number of alkyl halides is 2. The first-order valence-corrected chi connectivity index (χ1v) is 5.99. The summed E-state index contributed by atoms with van der Waals surface area (Å²) in [5.41, 5.74) is 0. The zero-order valence-corrected chi connectivity index (χ0v) is 9.25. The predicted molar refractivity (Wildman–Crippen MR) is 49.7 cm³/mol. The first-order valence-electron chi connectivity index (χ1n) is 4.55. The van der Waals surface area contributed by atoms with Crippen LogP contribution in [-0.4, -0.2) is 62.8 Å². The lowest BCUT2D eigenvalue weighted by Crippen LogP contribution is -2.40. The normalized spacial score (nSPS) is 19.9. The summed E-state index contributed by atoms with van der Waals surface area (Å²) >= 11 is 0. The van der Waals surface area contributed by atoms with Crippen molar-refractivity contribution in [3.8, 4) is 0 Å². The Labute approximate surface area is 91.9 Å². The van der Waals surface area contributed by atoms with Crippen molar-refractivity contribution in [3.63, 3.8) is 0 Å². The second-order valence-electron chi connectivity index (χ2n) is 3.32. The molecule has 0 unspecified atom stereocenters. The molecule has 0 amide bonds. The van der Waals surface area contributed by atoms with Crippen LogP contribution in [0.5, 0.6) is 0 Å². The maximum absolute atomic E-state index is 12.7. The van der Waals surface area contributed by atoms with Crippen LogP contribution < -0.4 is 0 Å². The van der Waals surface area contributed by atoms with Crippen LogP contribution >= 0.6 is 0 Å². The number of morpholine rings is 1. The quantitative estimate of drug-likeness (QED) is 0.689. The highest BCUT2D eigenvalue weighted by Crippen LogP contribution is 2.20. The first kappa shape index (κ1) is 13.7. The van der Waals surface area contributed by atoms with Gasteiger partial charge >= 0.3 is 15.4 Å². The van der Waals surface area contributed by atoms with Crippen molar-refractivity contribution in [1.29, 1.82) is 0 Å². The lowest BCUT2D eigenvalue weighted by atomic mass is 10.5. The molecule has 0 aromatic rings. The molecule has 0 atom stereocenters. The summed E-state index contributed by atoms with van der Waals surface area (Å²) in [6.07, 6.45) is 0. The van der Waals surface area contributed by atoms with Crippen LogP contribution in [0.1, 0.15) is 0 Å². The second-order valence-corrected chi connectivity index (χ2v) is 4.87. The van der Waals surface area contributed by atoms with E-state index in [1.165, 1.54) is 0 Å². The van der Waals surface area contributed by atoms with Crippen molar-refractivity contribution < 1.29 is 31.2 Å². The van der Waals surface area contributed by atoms with Gasteiger partial charge in [0.2, 0.25) is 0 Å². The van der Waals surface area contributed by atoms with Crippen molar-refractivity contribution >= 4 is 10.1 Å². The summed E-state index contributed by atoms with van der Waals surface area (Å²) in [5.74, 6) is 0. The molecule has 0 aliphatic carbocycles. The van der Waals surface area contributed by atoms with E-state index in [2.05, 4.69) is 4.74 Å². The van der Waals surface area contributed by atoms with Gasteiger partial charge in [-0.25, -0.2) is 0 Å². The van der Waals surface area contributed by atoms with Crippen molar-refractivity contribution in [2.24, 2.45) is 0 Å². The molecule has 0 aromatic heterocycles. The Bertz CT molecular complexity index is 315. The fourth-order valence-corrected chi connectivity index (χ4v) is 1.33. The van der Waals surface area contributed by atoms with E-state index in [0.29, 0.717) is 26.3 Å². The smallest absolute Gasteiger partial charge is 0.379 e. The number of ether oxygens (including phenoxy) is 2. The van der Waals surface area contributed by atoms with Crippen LogP contribution in [0.25, 0.3) is 0 Å². The Balaban J connectivity index is 2.29. The third-order valence-electron chi connectivity index (χ3n) is 2.03. The molecule has 0 radical (unpaired) electrons. The molecule has 1 saturated heterocycles. The molecule has 0 spiro atoms. The Morgan fingerprint density at radius 2 is 1.94 bits per heavy atom. The highest BCUT2D eigenvalue weighted by atomic mass is 32.2. The molecule has 1 aliphatic heterocycles. The van der Waals surface area contributed by atoms with Crippen LogP contribution in [0.4, 0.5) is 8.78 Å². The monoisotopic (exact) mass is 261 g/mol. The van der Waals surface area contributed by atoms with E-state index in [9.17, 15) is 17.2 Å². The van der Waals surface area contributed by atoms with E-state index >= 15 is 0 Å². The molecule has 1 fully saturated rings. The first-order chi connectivity index (χ1) is 7.33. The summed E-state index contributed by atoms with van der Waals surface area (Å²) in [6, 6.07) is 0. The fraction of sp³-hybridized carbons (Fsp3) is 1.00. The molecule has 6 nitrogen and oxygen atoms in total. The Kier molecular flexibility index (Phi) is 4.56. The van der Waals surface area contributed by atoms with Gasteiger partial charge in [-0.3, -0.25) is 9.45 Å². The van der Waals surface area contributed by atoms with Crippen molar-refractivity contribution in [2.45, 2.75) is 5.25 Å². The van der Waals surface area contributed by atoms with Crippen molar-refractivity contribution in [1.82, 2.24) is 4.90 Å². The molecule has 1 heterocycles. The van der Waals surface area contributed by atoms with Crippen LogP contribution in [0, 0.1) is 0 Å². The minimum atomic E-state index is -5.41. The maximum atomic E-state index is 12.7. The highest BCUT2D eigenvalue weighted by molar-refractivity contribution is 7.86. The molecule has 0 aromatic carbocycles. The largest absolute Gasteiger partial charge is 0.392 e. The highest BCUT2D eigenvalue weighted by Gasteiger charge is 2.44. The van der Waals surface area contributed by atoms with Gasteiger partial charge < -0.3 is 9.47 Å². The van der Waals surface area contributed by atoms with Gasteiger partial charge in [0.15, 0.2) is 0 Å². The van der Waals surface area contributed by atoms with Crippen LogP contribution in [-0.2, 0) is 19.6 Å². The van der Waals surface area contributed by atoms with Gasteiger partial charge in [0.1, 0.15) is 6.61 Å². The van der Waals surface area contributed by atoms with E-state index in [-0.39, 0.29) is 6.73 Å². The molecule has 16 heavy (non-hydrogen) atoms. The number of hydrogen-bond donors (Lipinski definition) is 1. The third-order valence-corrected chi connectivity index (χ3v) is 2.90. The van der Waals surface area contributed by atoms with Gasteiger partial charge in [-0.05, 0) is 0 Å². The minimum Gasteiger partial charge on any atom is -0.379 e. The molecule has 1 rings (SSSR count). The molecule has 1 aliphatic rings. The number of halogens is 2.